The number of rotatable bonds is 2. The monoisotopic (exact) mass is 404 g/mol. The van der Waals surface area contributed by atoms with E-state index in [2.05, 4.69) is 26.9 Å². The molecule has 29 heavy (non-hydrogen) atoms. The van der Waals surface area contributed by atoms with Crippen LogP contribution in [0.2, 0.25) is 0 Å². The molecule has 0 radical (unpaired) electrons. The zero-order valence-electron chi connectivity index (χ0n) is 15.0. The number of nitrogens with zero attached hydrogens (tertiary/aromatic N) is 1. The fraction of sp³-hybridized carbons (Fsp3) is 0.0476. The molecule has 4 rings (SSSR count). The van der Waals surface area contributed by atoms with Gasteiger partial charge in [0, 0.05) is 29.4 Å². The van der Waals surface area contributed by atoms with Gasteiger partial charge in [-0.2, -0.15) is 0 Å². The Bertz CT molecular complexity index is 1250. The van der Waals surface area contributed by atoms with E-state index in [-0.39, 0.29) is 4.91 Å². The Morgan fingerprint density at radius 2 is 2.00 bits per heavy atom. The van der Waals surface area contributed by atoms with E-state index in [4.69, 9.17) is 4.42 Å². The first-order chi connectivity index (χ1) is 14.0. The number of carbonyl (C=O) groups excluding carboxylic acids is 3. The molecule has 0 saturated carbocycles. The summed E-state index contributed by atoms with van der Waals surface area (Å²) in [4.78, 5) is 38.9. The molecule has 2 amide bonds. The van der Waals surface area contributed by atoms with Crippen molar-refractivity contribution in [2.75, 3.05) is 7.11 Å². The number of benzene rings is 1. The molecule has 1 aliphatic rings. The van der Waals surface area contributed by atoms with E-state index in [1.54, 1.807) is 42.7 Å². The molecule has 0 aliphatic carbocycles. The number of hydrogen-bond donors (Lipinski definition) is 1. The van der Waals surface area contributed by atoms with E-state index >= 15 is 0 Å². The van der Waals surface area contributed by atoms with Gasteiger partial charge in [-0.05, 0) is 42.1 Å². The molecule has 7 nitrogen and oxygen atoms in total. The summed E-state index contributed by atoms with van der Waals surface area (Å²) in [6, 6.07) is 8.44. The zero-order valence-corrected chi connectivity index (χ0v) is 15.8. The molecule has 1 aliphatic heterocycles. The summed E-state index contributed by atoms with van der Waals surface area (Å²) in [6.07, 6.45) is 4.72. The van der Waals surface area contributed by atoms with Gasteiger partial charge >= 0.3 is 5.97 Å². The third-order valence-electron chi connectivity index (χ3n) is 4.00. The van der Waals surface area contributed by atoms with Crippen LogP contribution in [0, 0.1) is 11.8 Å². The van der Waals surface area contributed by atoms with Gasteiger partial charge in [0.2, 0.25) is 0 Å². The lowest BCUT2D eigenvalue weighted by Gasteiger charge is -1.98. The number of pyridine rings is 1. The van der Waals surface area contributed by atoms with Crippen LogP contribution in [0.15, 0.2) is 52.0 Å². The lowest BCUT2D eigenvalue weighted by Crippen LogP contribution is -2.17. The first kappa shape index (κ1) is 18.5. The molecule has 0 spiro atoms. The van der Waals surface area contributed by atoms with Gasteiger partial charge in [0.15, 0.2) is 5.58 Å². The number of esters is 1. The van der Waals surface area contributed by atoms with Crippen molar-refractivity contribution in [2.24, 2.45) is 0 Å². The lowest BCUT2D eigenvalue weighted by molar-refractivity contribution is -0.115. The Morgan fingerprint density at radius 1 is 1.21 bits per heavy atom. The van der Waals surface area contributed by atoms with Crippen molar-refractivity contribution in [1.29, 1.82) is 0 Å². The minimum Gasteiger partial charge on any atom is -0.465 e. The number of ether oxygens (including phenoxy) is 1. The lowest BCUT2D eigenvalue weighted by atomic mass is 10.1. The Morgan fingerprint density at radius 3 is 2.69 bits per heavy atom. The molecule has 1 N–H and O–H groups in total. The highest BCUT2D eigenvalue weighted by atomic mass is 32.2. The van der Waals surface area contributed by atoms with Crippen LogP contribution in [0.25, 0.3) is 17.0 Å². The van der Waals surface area contributed by atoms with Crippen molar-refractivity contribution in [3.63, 3.8) is 0 Å². The number of imide groups is 1. The van der Waals surface area contributed by atoms with Gasteiger partial charge in [-0.1, -0.05) is 11.8 Å². The van der Waals surface area contributed by atoms with Gasteiger partial charge in [0.1, 0.15) is 5.76 Å². The molecule has 3 heterocycles. The maximum absolute atomic E-state index is 11.7. The van der Waals surface area contributed by atoms with E-state index in [9.17, 15) is 14.4 Å². The van der Waals surface area contributed by atoms with Crippen molar-refractivity contribution in [1.82, 2.24) is 10.3 Å². The minimum atomic E-state index is -0.450. The standard InChI is InChI=1S/C21H12N2O5S/c1-27-20(25)13-5-2-12(3-6-13)4-7-14-10-22-11-15-8-16(28-18(14)15)9-17-19(24)23-21(26)29-17/h2-3,5-6,8-11H,1H3,(H,23,24,26). The van der Waals surface area contributed by atoms with Crippen LogP contribution in [-0.2, 0) is 9.53 Å². The summed E-state index contributed by atoms with van der Waals surface area (Å²) in [7, 11) is 1.33. The highest BCUT2D eigenvalue weighted by Crippen LogP contribution is 2.28. The van der Waals surface area contributed by atoms with Crippen LogP contribution in [-0.4, -0.2) is 29.2 Å². The molecule has 142 valence electrons. The van der Waals surface area contributed by atoms with Gasteiger partial charge in [-0.15, -0.1) is 0 Å². The number of furan rings is 1. The van der Waals surface area contributed by atoms with Crippen LogP contribution in [0.3, 0.4) is 0 Å². The van der Waals surface area contributed by atoms with Crippen molar-refractivity contribution >= 4 is 45.9 Å². The number of hydrogen-bond acceptors (Lipinski definition) is 7. The largest absolute Gasteiger partial charge is 0.465 e. The van der Waals surface area contributed by atoms with E-state index < -0.39 is 17.1 Å². The minimum absolute atomic E-state index is 0.264. The molecular formula is C21H12N2O5S. The smallest absolute Gasteiger partial charge is 0.337 e. The maximum Gasteiger partial charge on any atom is 0.337 e. The molecule has 1 saturated heterocycles. The van der Waals surface area contributed by atoms with E-state index in [1.807, 2.05) is 0 Å². The Kier molecular flexibility index (Phi) is 4.89. The van der Waals surface area contributed by atoms with Crippen LogP contribution in [0.4, 0.5) is 4.79 Å². The molecule has 0 atom stereocenters. The summed E-state index contributed by atoms with van der Waals surface area (Å²) in [5, 5.41) is 2.51. The van der Waals surface area contributed by atoms with E-state index in [1.165, 1.54) is 13.2 Å². The first-order valence-electron chi connectivity index (χ1n) is 8.36. The summed E-state index contributed by atoms with van der Waals surface area (Å²) in [6.45, 7) is 0. The predicted molar refractivity (Wildman–Crippen MR) is 107 cm³/mol. The fourth-order valence-electron chi connectivity index (χ4n) is 2.64. The third-order valence-corrected chi connectivity index (χ3v) is 4.82. The Balaban J connectivity index is 1.64. The summed E-state index contributed by atoms with van der Waals surface area (Å²) < 4.78 is 10.5. The average molecular weight is 404 g/mol. The number of thioether (sulfide) groups is 1. The molecule has 1 fully saturated rings. The van der Waals surface area contributed by atoms with E-state index in [0.717, 1.165) is 17.1 Å². The van der Waals surface area contributed by atoms with Crippen LogP contribution in [0.1, 0.15) is 27.2 Å². The van der Waals surface area contributed by atoms with Gasteiger partial charge in [0.25, 0.3) is 11.1 Å². The second-order valence-corrected chi connectivity index (χ2v) is 6.94. The molecule has 0 bridgehead atoms. The number of amides is 2. The topological polar surface area (TPSA) is 98.5 Å². The number of fused-ring (bicyclic) bond motifs is 1. The predicted octanol–water partition coefficient (Wildman–Crippen LogP) is 3.34. The molecule has 8 heteroatoms. The molecular weight excluding hydrogens is 392 g/mol. The number of aromatic nitrogens is 1. The van der Waals surface area contributed by atoms with Crippen molar-refractivity contribution < 1.29 is 23.5 Å². The zero-order chi connectivity index (χ0) is 20.4. The van der Waals surface area contributed by atoms with Gasteiger partial charge in [0.05, 0.1) is 23.1 Å². The number of carbonyl (C=O) groups is 3. The Hall–Kier alpha value is -3.83. The van der Waals surface area contributed by atoms with Gasteiger partial charge in [-0.3, -0.25) is 19.9 Å². The first-order valence-corrected chi connectivity index (χ1v) is 9.18. The SMILES string of the molecule is COC(=O)c1ccc(C#Cc2cncc3cc(C=C4SC(=O)NC4=O)oc23)cc1. The van der Waals surface area contributed by atoms with Crippen LogP contribution in [0.5, 0.6) is 0 Å². The normalized spacial score (nSPS) is 14.6. The summed E-state index contributed by atoms with van der Waals surface area (Å²) in [5.74, 6) is 5.57. The van der Waals surface area contributed by atoms with Gasteiger partial charge < -0.3 is 9.15 Å². The molecule has 0 unspecified atom stereocenters. The molecule has 3 aromatic rings. The summed E-state index contributed by atoms with van der Waals surface area (Å²) in [5.41, 5.74) is 2.25. The van der Waals surface area contributed by atoms with Crippen molar-refractivity contribution in [3.8, 4) is 11.8 Å². The quantitative estimate of drug-likeness (QED) is 0.397. The third kappa shape index (κ3) is 3.90. The maximum atomic E-state index is 11.7. The average Bonchev–Trinajstić information content (AvgIpc) is 3.28. The highest BCUT2D eigenvalue weighted by Gasteiger charge is 2.25. The summed E-state index contributed by atoms with van der Waals surface area (Å²) >= 11 is 0.820. The van der Waals surface area contributed by atoms with E-state index in [0.29, 0.717) is 28.0 Å². The molecule has 1 aromatic carbocycles. The second kappa shape index (κ2) is 7.66. The van der Waals surface area contributed by atoms with Gasteiger partial charge in [-0.25, -0.2) is 4.79 Å². The number of nitrogens with one attached hydrogen (secondary N) is 1. The van der Waals surface area contributed by atoms with Crippen LogP contribution < -0.4 is 5.32 Å². The fourth-order valence-corrected chi connectivity index (χ4v) is 3.30. The van der Waals surface area contributed by atoms with Crippen molar-refractivity contribution in [3.05, 3.63) is 70.1 Å². The Labute approximate surface area is 169 Å². The van der Waals surface area contributed by atoms with Crippen LogP contribution >= 0.6 is 11.8 Å². The number of methoxy groups -OCH3 is 1. The van der Waals surface area contributed by atoms with Crippen molar-refractivity contribution in [2.45, 2.75) is 0 Å². The second-order valence-electron chi connectivity index (χ2n) is 5.93. The highest BCUT2D eigenvalue weighted by molar-refractivity contribution is 8.18. The molecule has 2 aromatic heterocycles.